The van der Waals surface area contributed by atoms with Crippen molar-refractivity contribution in [3.63, 3.8) is 0 Å². The minimum Gasteiger partial charge on any atom is -0.463 e. The van der Waals surface area contributed by atoms with Crippen LogP contribution in [0.3, 0.4) is 0 Å². The van der Waals surface area contributed by atoms with Gasteiger partial charge in [0, 0.05) is 6.20 Å². The number of carbonyl (C=O) groups excluding carboxylic acids is 1. The van der Waals surface area contributed by atoms with Crippen LogP contribution in [0.4, 0.5) is 5.82 Å². The van der Waals surface area contributed by atoms with Crippen LogP contribution in [0.1, 0.15) is 21.9 Å². The minimum atomic E-state index is -0.477. The molecule has 0 radical (unpaired) electrons. The monoisotopic (exact) mass is 246 g/mol. The van der Waals surface area contributed by atoms with Crippen LogP contribution in [-0.4, -0.2) is 18.1 Å². The topological polar surface area (TPSA) is 64.4 Å². The van der Waals surface area contributed by atoms with Crippen LogP contribution in [0.5, 0.6) is 0 Å². The van der Waals surface area contributed by atoms with Crippen molar-refractivity contribution in [2.75, 3.05) is 12.4 Å². The van der Waals surface area contributed by atoms with E-state index in [2.05, 4.69) is 15.0 Å². The number of rotatable bonds is 4. The van der Waals surface area contributed by atoms with Gasteiger partial charge in [-0.1, -0.05) is 6.07 Å². The van der Waals surface area contributed by atoms with E-state index in [1.165, 1.54) is 7.11 Å². The maximum absolute atomic E-state index is 11.2. The molecule has 1 N–H and O–H groups in total. The first kappa shape index (κ1) is 12.2. The minimum absolute atomic E-state index is 0.200. The molecule has 0 atom stereocenters. The number of hydrogen-bond acceptors (Lipinski definition) is 5. The van der Waals surface area contributed by atoms with Crippen molar-refractivity contribution in [3.8, 4) is 0 Å². The van der Waals surface area contributed by atoms with Crippen LogP contribution >= 0.6 is 0 Å². The molecule has 0 spiro atoms. The number of nitrogens with one attached hydrogen (secondary N) is 1. The van der Waals surface area contributed by atoms with E-state index in [9.17, 15) is 4.79 Å². The maximum atomic E-state index is 11.2. The van der Waals surface area contributed by atoms with Crippen molar-refractivity contribution in [1.29, 1.82) is 0 Å². The van der Waals surface area contributed by atoms with E-state index in [4.69, 9.17) is 4.42 Å². The summed E-state index contributed by atoms with van der Waals surface area (Å²) >= 11 is 0. The van der Waals surface area contributed by atoms with Gasteiger partial charge in [-0.25, -0.2) is 9.78 Å². The number of esters is 1. The molecule has 0 unspecified atom stereocenters. The summed E-state index contributed by atoms with van der Waals surface area (Å²) in [5, 5.41) is 3.10. The molecule has 2 heterocycles. The van der Waals surface area contributed by atoms with Gasteiger partial charge in [0.2, 0.25) is 5.76 Å². The largest absolute Gasteiger partial charge is 0.463 e. The predicted molar refractivity (Wildman–Crippen MR) is 66.3 cm³/mol. The molecular formula is C13H14N2O3. The molecule has 2 aromatic rings. The second kappa shape index (κ2) is 5.35. The summed E-state index contributed by atoms with van der Waals surface area (Å²) in [7, 11) is 1.32. The average molecular weight is 246 g/mol. The van der Waals surface area contributed by atoms with Crippen LogP contribution in [-0.2, 0) is 11.3 Å². The standard InChI is InChI=1S/C13H14N2O3/c1-9-3-6-12(14-7-9)15-8-10-4-5-11(18-10)13(16)17-2/h3-7H,8H2,1-2H3,(H,14,15). The van der Waals surface area contributed by atoms with Crippen LogP contribution < -0.4 is 5.32 Å². The van der Waals surface area contributed by atoms with Crippen molar-refractivity contribution >= 4 is 11.8 Å². The van der Waals surface area contributed by atoms with Crippen molar-refractivity contribution in [3.05, 3.63) is 47.5 Å². The lowest BCUT2D eigenvalue weighted by molar-refractivity contribution is 0.0563. The SMILES string of the molecule is COC(=O)c1ccc(CNc2ccc(C)cn2)o1. The third-order valence-corrected chi connectivity index (χ3v) is 2.40. The van der Waals surface area contributed by atoms with Gasteiger partial charge < -0.3 is 14.5 Å². The van der Waals surface area contributed by atoms with Gasteiger partial charge in [0.15, 0.2) is 0 Å². The van der Waals surface area contributed by atoms with Crippen molar-refractivity contribution in [2.45, 2.75) is 13.5 Å². The Labute approximate surface area is 105 Å². The number of methoxy groups -OCH3 is 1. The second-order valence-corrected chi connectivity index (χ2v) is 3.83. The molecule has 5 heteroatoms. The normalized spacial score (nSPS) is 10.1. The van der Waals surface area contributed by atoms with E-state index in [-0.39, 0.29) is 5.76 Å². The van der Waals surface area contributed by atoms with Crippen LogP contribution in [0.25, 0.3) is 0 Å². The number of furan rings is 1. The Kier molecular flexibility index (Phi) is 3.62. The summed E-state index contributed by atoms with van der Waals surface area (Å²) in [5.74, 6) is 1.13. The number of hydrogen-bond donors (Lipinski definition) is 1. The molecule has 0 bridgehead atoms. The first-order valence-corrected chi connectivity index (χ1v) is 5.52. The molecule has 0 aliphatic heterocycles. The van der Waals surface area contributed by atoms with Crippen LogP contribution in [0.15, 0.2) is 34.9 Å². The Morgan fingerprint density at radius 1 is 1.39 bits per heavy atom. The fourth-order valence-electron chi connectivity index (χ4n) is 1.43. The Bertz CT molecular complexity index is 531. The predicted octanol–water partition coefficient (Wildman–Crippen LogP) is 2.38. The van der Waals surface area contributed by atoms with E-state index in [0.29, 0.717) is 12.3 Å². The summed E-state index contributed by atoms with van der Waals surface area (Å²) in [6, 6.07) is 7.18. The molecule has 18 heavy (non-hydrogen) atoms. The van der Waals surface area contributed by atoms with Crippen LogP contribution in [0.2, 0.25) is 0 Å². The zero-order valence-electron chi connectivity index (χ0n) is 10.3. The summed E-state index contributed by atoms with van der Waals surface area (Å²) in [6.07, 6.45) is 1.78. The summed E-state index contributed by atoms with van der Waals surface area (Å²) in [6.45, 7) is 2.44. The molecule has 0 aliphatic carbocycles. The third-order valence-electron chi connectivity index (χ3n) is 2.40. The number of pyridine rings is 1. The zero-order valence-corrected chi connectivity index (χ0v) is 10.3. The fourth-order valence-corrected chi connectivity index (χ4v) is 1.43. The summed E-state index contributed by atoms with van der Waals surface area (Å²) in [5.41, 5.74) is 1.10. The molecule has 0 aromatic carbocycles. The Hall–Kier alpha value is -2.30. The smallest absolute Gasteiger partial charge is 0.373 e. The molecule has 0 amide bonds. The van der Waals surface area contributed by atoms with Gasteiger partial charge in [-0.05, 0) is 30.7 Å². The molecule has 2 aromatic heterocycles. The van der Waals surface area contributed by atoms with E-state index in [1.807, 2.05) is 19.1 Å². The van der Waals surface area contributed by atoms with Gasteiger partial charge in [-0.2, -0.15) is 0 Å². The number of ether oxygens (including phenoxy) is 1. The van der Waals surface area contributed by atoms with Crippen molar-refractivity contribution in [1.82, 2.24) is 4.98 Å². The first-order chi connectivity index (χ1) is 8.69. The summed E-state index contributed by atoms with van der Waals surface area (Å²) < 4.78 is 9.88. The fraction of sp³-hybridized carbons (Fsp3) is 0.231. The van der Waals surface area contributed by atoms with Gasteiger partial charge in [0.25, 0.3) is 0 Å². The van der Waals surface area contributed by atoms with Crippen molar-refractivity contribution in [2.24, 2.45) is 0 Å². The average Bonchev–Trinajstić information content (AvgIpc) is 2.86. The lowest BCUT2D eigenvalue weighted by Gasteiger charge is -2.03. The summed E-state index contributed by atoms with van der Waals surface area (Å²) in [4.78, 5) is 15.4. The maximum Gasteiger partial charge on any atom is 0.373 e. The highest BCUT2D eigenvalue weighted by Gasteiger charge is 2.10. The number of nitrogens with zero attached hydrogens (tertiary/aromatic N) is 1. The molecule has 2 rings (SSSR count). The number of aryl methyl sites for hydroxylation is 1. The van der Waals surface area contributed by atoms with E-state index < -0.39 is 5.97 Å². The van der Waals surface area contributed by atoms with Crippen molar-refractivity contribution < 1.29 is 13.9 Å². The molecule has 5 nitrogen and oxygen atoms in total. The zero-order chi connectivity index (χ0) is 13.0. The molecule has 0 aliphatic rings. The molecule has 0 saturated carbocycles. The van der Waals surface area contributed by atoms with Gasteiger partial charge in [-0.15, -0.1) is 0 Å². The molecule has 0 fully saturated rings. The van der Waals surface area contributed by atoms with Gasteiger partial charge in [-0.3, -0.25) is 0 Å². The van der Waals surface area contributed by atoms with Crippen LogP contribution in [0, 0.1) is 6.92 Å². The highest BCUT2D eigenvalue weighted by Crippen LogP contribution is 2.11. The number of anilines is 1. The molecule has 94 valence electrons. The van der Waals surface area contributed by atoms with E-state index in [1.54, 1.807) is 18.3 Å². The highest BCUT2D eigenvalue weighted by atomic mass is 16.5. The Balaban J connectivity index is 1.96. The first-order valence-electron chi connectivity index (χ1n) is 5.52. The van der Waals surface area contributed by atoms with E-state index >= 15 is 0 Å². The molecule has 0 saturated heterocycles. The number of aromatic nitrogens is 1. The third kappa shape index (κ3) is 2.88. The second-order valence-electron chi connectivity index (χ2n) is 3.83. The Morgan fingerprint density at radius 2 is 2.22 bits per heavy atom. The molecular weight excluding hydrogens is 232 g/mol. The Morgan fingerprint density at radius 3 is 2.89 bits per heavy atom. The quantitative estimate of drug-likeness (QED) is 0.839. The van der Waals surface area contributed by atoms with E-state index in [0.717, 1.165) is 11.4 Å². The number of carbonyl (C=O) groups is 1. The van der Waals surface area contributed by atoms with Gasteiger partial charge in [0.1, 0.15) is 11.6 Å². The lowest BCUT2D eigenvalue weighted by Crippen LogP contribution is -2.01. The lowest BCUT2D eigenvalue weighted by atomic mass is 10.3. The van der Waals surface area contributed by atoms with Gasteiger partial charge >= 0.3 is 5.97 Å². The highest BCUT2D eigenvalue weighted by molar-refractivity contribution is 5.86. The van der Waals surface area contributed by atoms with Gasteiger partial charge in [0.05, 0.1) is 13.7 Å².